The summed E-state index contributed by atoms with van der Waals surface area (Å²) in [4.78, 5) is 28.4. The standard InChI is InChI=1S/C17H20ClFN2O3/c18-13-1-2-14(15(19)11-13)17(23)20-5-3-12(4-6-20)16(22)21-7-9-24-10-8-21/h1-2,11-12H,3-10H2. The molecule has 2 amide bonds. The normalized spacial score (nSPS) is 19.4. The number of piperidine rings is 1. The summed E-state index contributed by atoms with van der Waals surface area (Å²) >= 11 is 5.72. The lowest BCUT2D eigenvalue weighted by Gasteiger charge is -2.35. The van der Waals surface area contributed by atoms with Crippen LogP contribution in [-0.2, 0) is 9.53 Å². The fraction of sp³-hybridized carbons (Fsp3) is 0.529. The van der Waals surface area contributed by atoms with Gasteiger partial charge in [0.2, 0.25) is 5.91 Å². The molecule has 0 aliphatic carbocycles. The fourth-order valence-electron chi connectivity index (χ4n) is 3.20. The summed E-state index contributed by atoms with van der Waals surface area (Å²) in [6.45, 7) is 3.35. The Bertz CT molecular complexity index is 626. The maximum Gasteiger partial charge on any atom is 0.256 e. The zero-order valence-electron chi connectivity index (χ0n) is 13.3. The maximum absolute atomic E-state index is 13.9. The largest absolute Gasteiger partial charge is 0.378 e. The van der Waals surface area contributed by atoms with Crippen LogP contribution in [0.2, 0.25) is 5.02 Å². The number of amides is 2. The van der Waals surface area contributed by atoms with Crippen LogP contribution < -0.4 is 0 Å². The second-order valence-corrected chi connectivity index (χ2v) is 6.56. The van der Waals surface area contributed by atoms with E-state index in [2.05, 4.69) is 0 Å². The van der Waals surface area contributed by atoms with Crippen molar-refractivity contribution >= 4 is 23.4 Å². The first kappa shape index (κ1) is 17.2. The molecule has 130 valence electrons. The van der Waals surface area contributed by atoms with Crippen LogP contribution in [0.25, 0.3) is 0 Å². The number of hydrogen-bond donors (Lipinski definition) is 0. The van der Waals surface area contributed by atoms with Crippen LogP contribution >= 0.6 is 11.6 Å². The molecule has 2 heterocycles. The lowest BCUT2D eigenvalue weighted by Crippen LogP contribution is -2.47. The summed E-state index contributed by atoms with van der Waals surface area (Å²) in [5.41, 5.74) is 0.0253. The van der Waals surface area contributed by atoms with Crippen molar-refractivity contribution < 1.29 is 18.7 Å². The highest BCUT2D eigenvalue weighted by Crippen LogP contribution is 2.23. The van der Waals surface area contributed by atoms with E-state index in [0.29, 0.717) is 52.2 Å². The molecule has 7 heteroatoms. The third kappa shape index (κ3) is 3.70. The Hall–Kier alpha value is -1.66. The van der Waals surface area contributed by atoms with Crippen LogP contribution in [0, 0.1) is 11.7 Å². The van der Waals surface area contributed by atoms with Gasteiger partial charge in [-0.05, 0) is 31.0 Å². The minimum absolute atomic E-state index is 0.0253. The van der Waals surface area contributed by atoms with Crippen molar-refractivity contribution in [2.24, 2.45) is 5.92 Å². The van der Waals surface area contributed by atoms with Gasteiger partial charge in [-0.2, -0.15) is 0 Å². The number of hydrogen-bond acceptors (Lipinski definition) is 3. The molecular formula is C17H20ClFN2O3. The molecule has 0 unspecified atom stereocenters. The molecule has 24 heavy (non-hydrogen) atoms. The first-order chi connectivity index (χ1) is 11.6. The molecule has 5 nitrogen and oxygen atoms in total. The molecule has 0 saturated carbocycles. The van der Waals surface area contributed by atoms with Gasteiger partial charge in [-0.1, -0.05) is 11.6 Å². The van der Waals surface area contributed by atoms with E-state index in [1.165, 1.54) is 12.1 Å². The first-order valence-electron chi connectivity index (χ1n) is 8.17. The molecule has 0 N–H and O–H groups in total. The lowest BCUT2D eigenvalue weighted by molar-refractivity contribution is -0.141. The minimum atomic E-state index is -0.612. The van der Waals surface area contributed by atoms with Crippen LogP contribution in [0.3, 0.4) is 0 Å². The van der Waals surface area contributed by atoms with E-state index in [9.17, 15) is 14.0 Å². The topological polar surface area (TPSA) is 49.9 Å². The SMILES string of the molecule is O=C(c1ccc(Cl)cc1F)N1CCC(C(=O)N2CCOCC2)CC1. The molecule has 0 aromatic heterocycles. The van der Waals surface area contributed by atoms with Gasteiger partial charge in [0, 0.05) is 37.1 Å². The summed E-state index contributed by atoms with van der Waals surface area (Å²) in [5, 5.41) is 0.263. The Kier molecular flexibility index (Phi) is 5.36. The van der Waals surface area contributed by atoms with Crippen molar-refractivity contribution in [3.8, 4) is 0 Å². The Morgan fingerprint density at radius 1 is 1.08 bits per heavy atom. The third-order valence-electron chi connectivity index (χ3n) is 4.62. The summed E-state index contributed by atoms with van der Waals surface area (Å²) in [5.74, 6) is -0.884. The van der Waals surface area contributed by atoms with Gasteiger partial charge in [0.1, 0.15) is 5.82 Å². The van der Waals surface area contributed by atoms with E-state index in [1.54, 1.807) is 4.90 Å². The van der Waals surface area contributed by atoms with Crippen LogP contribution in [0.15, 0.2) is 18.2 Å². The van der Waals surface area contributed by atoms with Crippen LogP contribution in [0.4, 0.5) is 4.39 Å². The number of morpholine rings is 1. The highest BCUT2D eigenvalue weighted by Gasteiger charge is 2.31. The molecule has 2 saturated heterocycles. The van der Waals surface area contributed by atoms with Gasteiger partial charge in [0.05, 0.1) is 18.8 Å². The molecule has 1 aromatic carbocycles. The van der Waals surface area contributed by atoms with Gasteiger partial charge in [-0.3, -0.25) is 9.59 Å². The molecule has 2 aliphatic heterocycles. The van der Waals surface area contributed by atoms with E-state index in [4.69, 9.17) is 16.3 Å². The van der Waals surface area contributed by atoms with Crippen molar-refractivity contribution in [2.45, 2.75) is 12.8 Å². The van der Waals surface area contributed by atoms with Crippen molar-refractivity contribution in [1.82, 2.24) is 9.80 Å². The summed E-state index contributed by atoms with van der Waals surface area (Å²) in [6, 6.07) is 4.06. The summed E-state index contributed by atoms with van der Waals surface area (Å²) in [6.07, 6.45) is 1.22. The van der Waals surface area contributed by atoms with Crippen LogP contribution in [0.1, 0.15) is 23.2 Å². The Morgan fingerprint density at radius 2 is 1.75 bits per heavy atom. The van der Waals surface area contributed by atoms with Crippen LogP contribution in [0.5, 0.6) is 0 Å². The molecule has 1 aromatic rings. The quantitative estimate of drug-likeness (QED) is 0.818. The molecule has 0 bridgehead atoms. The monoisotopic (exact) mass is 354 g/mol. The predicted octanol–water partition coefficient (Wildman–Crippen LogP) is 2.19. The summed E-state index contributed by atoms with van der Waals surface area (Å²) in [7, 11) is 0. The molecule has 2 fully saturated rings. The van der Waals surface area contributed by atoms with Gasteiger partial charge in [-0.15, -0.1) is 0 Å². The number of halogens is 2. The Balaban J connectivity index is 1.58. The van der Waals surface area contributed by atoms with Gasteiger partial charge < -0.3 is 14.5 Å². The van der Waals surface area contributed by atoms with Crippen molar-refractivity contribution in [3.63, 3.8) is 0 Å². The summed E-state index contributed by atoms with van der Waals surface area (Å²) < 4.78 is 19.2. The minimum Gasteiger partial charge on any atom is -0.378 e. The maximum atomic E-state index is 13.9. The van der Waals surface area contributed by atoms with E-state index >= 15 is 0 Å². The number of ether oxygens (including phenoxy) is 1. The molecule has 2 aliphatic rings. The van der Waals surface area contributed by atoms with E-state index in [-0.39, 0.29) is 28.3 Å². The number of carbonyl (C=O) groups is 2. The highest BCUT2D eigenvalue weighted by molar-refractivity contribution is 6.30. The fourth-order valence-corrected chi connectivity index (χ4v) is 3.36. The molecule has 3 rings (SSSR count). The van der Waals surface area contributed by atoms with Crippen molar-refractivity contribution in [2.75, 3.05) is 39.4 Å². The second-order valence-electron chi connectivity index (χ2n) is 6.13. The van der Waals surface area contributed by atoms with Gasteiger partial charge in [-0.25, -0.2) is 4.39 Å². The van der Waals surface area contributed by atoms with Gasteiger partial charge >= 0.3 is 0 Å². The Morgan fingerprint density at radius 3 is 2.38 bits per heavy atom. The number of benzene rings is 1. The molecule has 0 atom stereocenters. The number of likely N-dealkylation sites (tertiary alicyclic amines) is 1. The van der Waals surface area contributed by atoms with E-state index < -0.39 is 5.82 Å². The second kappa shape index (κ2) is 7.49. The van der Waals surface area contributed by atoms with Crippen LogP contribution in [-0.4, -0.2) is 61.0 Å². The number of nitrogens with zero attached hydrogens (tertiary/aromatic N) is 2. The zero-order chi connectivity index (χ0) is 17.1. The molecule has 0 spiro atoms. The van der Waals surface area contributed by atoms with Crippen molar-refractivity contribution in [1.29, 1.82) is 0 Å². The van der Waals surface area contributed by atoms with E-state index in [1.807, 2.05) is 4.90 Å². The third-order valence-corrected chi connectivity index (χ3v) is 4.85. The number of rotatable bonds is 2. The average Bonchev–Trinajstić information content (AvgIpc) is 2.61. The smallest absolute Gasteiger partial charge is 0.256 e. The average molecular weight is 355 g/mol. The highest BCUT2D eigenvalue weighted by atomic mass is 35.5. The van der Waals surface area contributed by atoms with Gasteiger partial charge in [0.25, 0.3) is 5.91 Å². The first-order valence-corrected chi connectivity index (χ1v) is 8.55. The van der Waals surface area contributed by atoms with Gasteiger partial charge in [0.15, 0.2) is 0 Å². The Labute approximate surface area is 145 Å². The predicted molar refractivity (Wildman–Crippen MR) is 87.4 cm³/mol. The number of carbonyl (C=O) groups excluding carboxylic acids is 2. The lowest BCUT2D eigenvalue weighted by atomic mass is 9.94. The molecule has 0 radical (unpaired) electrons. The molecular weight excluding hydrogens is 335 g/mol. The van der Waals surface area contributed by atoms with E-state index in [0.717, 1.165) is 6.07 Å². The van der Waals surface area contributed by atoms with Crippen molar-refractivity contribution in [3.05, 3.63) is 34.6 Å². The zero-order valence-corrected chi connectivity index (χ0v) is 14.1.